The summed E-state index contributed by atoms with van der Waals surface area (Å²) in [5.41, 5.74) is 0. The molecule has 1 fully saturated rings. The highest BCUT2D eigenvalue weighted by Gasteiger charge is 2.24. The van der Waals surface area contributed by atoms with Gasteiger partial charge in [-0.1, -0.05) is 38.5 Å². The molecule has 0 amide bonds. The van der Waals surface area contributed by atoms with Gasteiger partial charge in [0.25, 0.3) is 0 Å². The molecule has 0 spiro atoms. The molecule has 1 aliphatic heterocycles. The van der Waals surface area contributed by atoms with Crippen LogP contribution < -0.4 is 0 Å². The Morgan fingerprint density at radius 3 is 2.56 bits per heavy atom. The minimum atomic E-state index is 0.621. The summed E-state index contributed by atoms with van der Waals surface area (Å²) in [7, 11) is 1.79. The predicted molar refractivity (Wildman–Crippen MR) is 67.8 cm³/mol. The van der Waals surface area contributed by atoms with Gasteiger partial charge in [-0.15, -0.1) is 0 Å². The molecular formula is C14H25NO. The quantitative estimate of drug-likeness (QED) is 0.697. The van der Waals surface area contributed by atoms with Crippen molar-refractivity contribution >= 4 is 5.90 Å². The van der Waals surface area contributed by atoms with Gasteiger partial charge < -0.3 is 4.74 Å². The van der Waals surface area contributed by atoms with E-state index in [2.05, 4.69) is 4.99 Å². The molecule has 0 N–H and O–H groups in total. The third kappa shape index (κ3) is 3.23. The van der Waals surface area contributed by atoms with Crippen molar-refractivity contribution in [1.29, 1.82) is 0 Å². The lowest BCUT2D eigenvalue weighted by atomic mass is 9.81. The van der Waals surface area contributed by atoms with E-state index in [-0.39, 0.29) is 0 Å². The van der Waals surface area contributed by atoms with Gasteiger partial charge in [0.05, 0.1) is 7.11 Å². The number of hydrogen-bond acceptors (Lipinski definition) is 2. The Bertz CT molecular complexity index is 231. The third-order valence-electron chi connectivity index (χ3n) is 4.13. The molecule has 0 bridgehead atoms. The molecule has 1 saturated carbocycles. The average Bonchev–Trinajstić information content (AvgIpc) is 2.55. The molecule has 0 aromatic rings. The molecule has 2 rings (SSSR count). The molecule has 0 saturated heterocycles. The van der Waals surface area contributed by atoms with Crippen LogP contribution in [0.4, 0.5) is 0 Å². The maximum absolute atomic E-state index is 5.48. The summed E-state index contributed by atoms with van der Waals surface area (Å²) in [5.74, 6) is 2.61. The molecule has 2 nitrogen and oxygen atoms in total. The highest BCUT2D eigenvalue weighted by molar-refractivity contribution is 5.78. The summed E-state index contributed by atoms with van der Waals surface area (Å²) in [6.07, 6.45) is 12.4. The number of nitrogens with zero attached hydrogens (tertiary/aromatic N) is 1. The number of hydrogen-bond donors (Lipinski definition) is 0. The standard InChI is InChI=1S/C14H25NO/c1-16-14-13(9-5-6-10-15-14)11-12-7-3-2-4-8-12/h12-13H,2-11H2,1H3. The van der Waals surface area contributed by atoms with Gasteiger partial charge in [0.15, 0.2) is 5.90 Å². The van der Waals surface area contributed by atoms with Crippen LogP contribution in [0.3, 0.4) is 0 Å². The molecule has 0 radical (unpaired) electrons. The number of ether oxygens (including phenoxy) is 1. The van der Waals surface area contributed by atoms with Crippen LogP contribution in [0, 0.1) is 11.8 Å². The lowest BCUT2D eigenvalue weighted by Crippen LogP contribution is -2.20. The van der Waals surface area contributed by atoms with Crippen molar-refractivity contribution < 1.29 is 4.74 Å². The monoisotopic (exact) mass is 223 g/mol. The SMILES string of the molecule is COC1=NCCCCC1CC1CCCCC1. The maximum atomic E-state index is 5.48. The van der Waals surface area contributed by atoms with Crippen LogP contribution in [0.1, 0.15) is 57.8 Å². The first-order chi connectivity index (χ1) is 7.90. The summed E-state index contributed by atoms with van der Waals surface area (Å²) >= 11 is 0. The normalized spacial score (nSPS) is 28.3. The van der Waals surface area contributed by atoms with E-state index in [1.807, 2.05) is 0 Å². The van der Waals surface area contributed by atoms with Gasteiger partial charge in [0.1, 0.15) is 0 Å². The smallest absolute Gasteiger partial charge is 0.186 e. The topological polar surface area (TPSA) is 21.6 Å². The van der Waals surface area contributed by atoms with Crippen molar-refractivity contribution in [3.63, 3.8) is 0 Å². The minimum Gasteiger partial charge on any atom is -0.484 e. The maximum Gasteiger partial charge on any atom is 0.186 e. The van der Waals surface area contributed by atoms with E-state index in [1.54, 1.807) is 7.11 Å². The zero-order chi connectivity index (χ0) is 11.2. The molecule has 2 aliphatic rings. The molecule has 2 heteroatoms. The predicted octanol–water partition coefficient (Wildman–Crippen LogP) is 3.80. The van der Waals surface area contributed by atoms with Crippen molar-refractivity contribution in [1.82, 2.24) is 0 Å². The van der Waals surface area contributed by atoms with Gasteiger partial charge in [-0.2, -0.15) is 0 Å². The van der Waals surface area contributed by atoms with Gasteiger partial charge in [-0.05, 0) is 25.2 Å². The van der Waals surface area contributed by atoms with E-state index in [4.69, 9.17) is 4.74 Å². The first-order valence-corrected chi connectivity index (χ1v) is 6.98. The van der Waals surface area contributed by atoms with E-state index in [1.165, 1.54) is 57.8 Å². The van der Waals surface area contributed by atoms with Crippen molar-refractivity contribution in [2.45, 2.75) is 57.8 Å². The number of methoxy groups -OCH3 is 1. The molecule has 1 unspecified atom stereocenters. The van der Waals surface area contributed by atoms with E-state index in [0.717, 1.165) is 18.4 Å². The van der Waals surface area contributed by atoms with Gasteiger partial charge in [-0.25, -0.2) is 0 Å². The van der Waals surface area contributed by atoms with Crippen LogP contribution in [0.2, 0.25) is 0 Å². The molecule has 0 aromatic heterocycles. The van der Waals surface area contributed by atoms with Crippen molar-refractivity contribution in [3.8, 4) is 0 Å². The van der Waals surface area contributed by atoms with Crippen LogP contribution in [-0.2, 0) is 4.74 Å². The fraction of sp³-hybridized carbons (Fsp3) is 0.929. The lowest BCUT2D eigenvalue weighted by molar-refractivity contribution is 0.282. The van der Waals surface area contributed by atoms with Crippen LogP contribution >= 0.6 is 0 Å². The second kappa shape index (κ2) is 6.27. The summed E-state index contributed by atoms with van der Waals surface area (Å²) < 4.78 is 5.48. The molecule has 92 valence electrons. The Morgan fingerprint density at radius 2 is 1.81 bits per heavy atom. The minimum absolute atomic E-state index is 0.621. The summed E-state index contributed by atoms with van der Waals surface area (Å²) in [5, 5.41) is 0. The first-order valence-electron chi connectivity index (χ1n) is 6.98. The summed E-state index contributed by atoms with van der Waals surface area (Å²) in [6, 6.07) is 0. The van der Waals surface area contributed by atoms with Crippen LogP contribution in [-0.4, -0.2) is 19.6 Å². The summed E-state index contributed by atoms with van der Waals surface area (Å²) in [4.78, 5) is 4.58. The summed E-state index contributed by atoms with van der Waals surface area (Å²) in [6.45, 7) is 0.977. The third-order valence-corrected chi connectivity index (χ3v) is 4.13. The Balaban J connectivity index is 1.89. The van der Waals surface area contributed by atoms with Crippen molar-refractivity contribution in [3.05, 3.63) is 0 Å². The average molecular weight is 223 g/mol. The van der Waals surface area contributed by atoms with Gasteiger partial charge in [-0.3, -0.25) is 4.99 Å². The molecule has 16 heavy (non-hydrogen) atoms. The largest absolute Gasteiger partial charge is 0.484 e. The number of aliphatic imine (C=N–C) groups is 1. The molecule has 1 aliphatic carbocycles. The van der Waals surface area contributed by atoms with Crippen LogP contribution in [0.5, 0.6) is 0 Å². The first kappa shape index (κ1) is 11.9. The Labute approximate surface area is 99.5 Å². The highest BCUT2D eigenvalue weighted by atomic mass is 16.5. The second-order valence-electron chi connectivity index (χ2n) is 5.36. The molecule has 1 heterocycles. The van der Waals surface area contributed by atoms with E-state index in [0.29, 0.717) is 5.92 Å². The fourth-order valence-electron chi connectivity index (χ4n) is 3.22. The highest BCUT2D eigenvalue weighted by Crippen LogP contribution is 2.32. The zero-order valence-corrected chi connectivity index (χ0v) is 10.6. The molecule has 0 aromatic carbocycles. The zero-order valence-electron chi connectivity index (χ0n) is 10.6. The van der Waals surface area contributed by atoms with Gasteiger partial charge >= 0.3 is 0 Å². The van der Waals surface area contributed by atoms with E-state index >= 15 is 0 Å². The van der Waals surface area contributed by atoms with E-state index < -0.39 is 0 Å². The van der Waals surface area contributed by atoms with Crippen LogP contribution in [0.25, 0.3) is 0 Å². The Morgan fingerprint density at radius 1 is 1.06 bits per heavy atom. The molecule has 1 atom stereocenters. The van der Waals surface area contributed by atoms with Gasteiger partial charge in [0, 0.05) is 12.5 Å². The molecular weight excluding hydrogens is 198 g/mol. The fourth-order valence-corrected chi connectivity index (χ4v) is 3.22. The van der Waals surface area contributed by atoms with Crippen molar-refractivity contribution in [2.75, 3.05) is 13.7 Å². The van der Waals surface area contributed by atoms with Gasteiger partial charge in [0.2, 0.25) is 0 Å². The Hall–Kier alpha value is -0.530. The van der Waals surface area contributed by atoms with E-state index in [9.17, 15) is 0 Å². The number of rotatable bonds is 2. The lowest BCUT2D eigenvalue weighted by Gasteiger charge is -2.26. The van der Waals surface area contributed by atoms with Crippen molar-refractivity contribution in [2.24, 2.45) is 16.8 Å². The Kier molecular flexibility index (Phi) is 4.68. The second-order valence-corrected chi connectivity index (χ2v) is 5.36. The van der Waals surface area contributed by atoms with Crippen LogP contribution in [0.15, 0.2) is 4.99 Å².